The molecule has 0 aliphatic heterocycles. The van der Waals surface area contributed by atoms with Crippen LogP contribution in [0.15, 0.2) is 30.3 Å². The summed E-state index contributed by atoms with van der Waals surface area (Å²) >= 11 is 0. The standard InChI is InChI=1S/C6H6NO.K/c8-7-6-4-2-1-3-5-6;/h1-5,8H;/q-1;+1. The second-order valence-electron chi connectivity index (χ2n) is 1.44. The Labute approximate surface area is 96.7 Å². The van der Waals surface area contributed by atoms with Gasteiger partial charge in [-0.05, 0) is 0 Å². The predicted octanol–water partition coefficient (Wildman–Crippen LogP) is -0.915. The molecule has 0 radical (unpaired) electrons. The average molecular weight is 147 g/mol. The van der Waals surface area contributed by atoms with Crippen molar-refractivity contribution in [1.29, 1.82) is 0 Å². The van der Waals surface area contributed by atoms with Crippen LogP contribution in [-0.2, 0) is 0 Å². The molecule has 0 bridgehead atoms. The third-order valence-corrected chi connectivity index (χ3v) is 0.872. The van der Waals surface area contributed by atoms with E-state index in [1.807, 2.05) is 18.2 Å². The Kier molecular flexibility index (Phi) is 5.78. The van der Waals surface area contributed by atoms with Crippen LogP contribution in [-0.4, -0.2) is 5.21 Å². The topological polar surface area (TPSA) is 34.3 Å². The summed E-state index contributed by atoms with van der Waals surface area (Å²) in [6.45, 7) is 0. The normalized spacial score (nSPS) is 7.67. The minimum Gasteiger partial charge on any atom is -0.565 e. The summed E-state index contributed by atoms with van der Waals surface area (Å²) in [5.74, 6) is 0. The van der Waals surface area contributed by atoms with Gasteiger partial charge < -0.3 is 10.7 Å². The van der Waals surface area contributed by atoms with Crippen LogP contribution >= 0.6 is 0 Å². The number of hydrogen-bond acceptors (Lipinski definition) is 1. The van der Waals surface area contributed by atoms with E-state index in [1.165, 1.54) is 0 Å². The first-order chi connectivity index (χ1) is 3.93. The van der Waals surface area contributed by atoms with Gasteiger partial charge in [-0.3, -0.25) is 0 Å². The van der Waals surface area contributed by atoms with Gasteiger partial charge in [0.15, 0.2) is 0 Å². The van der Waals surface area contributed by atoms with E-state index in [0.29, 0.717) is 5.69 Å². The van der Waals surface area contributed by atoms with Gasteiger partial charge in [0.25, 0.3) is 0 Å². The Morgan fingerprint density at radius 3 is 2.00 bits per heavy atom. The summed E-state index contributed by atoms with van der Waals surface area (Å²) in [4.78, 5) is 0. The Bertz CT molecular complexity index is 154. The van der Waals surface area contributed by atoms with Gasteiger partial charge in [-0.1, -0.05) is 30.3 Å². The second kappa shape index (κ2) is 5.41. The van der Waals surface area contributed by atoms with Crippen LogP contribution < -0.4 is 51.4 Å². The van der Waals surface area contributed by atoms with Gasteiger partial charge in [0.1, 0.15) is 0 Å². The van der Waals surface area contributed by atoms with Crippen molar-refractivity contribution in [3.63, 3.8) is 0 Å². The zero-order chi connectivity index (χ0) is 5.82. The summed E-state index contributed by atoms with van der Waals surface area (Å²) in [7, 11) is 0. The average Bonchev–Trinajstić information content (AvgIpc) is 1.90. The van der Waals surface area contributed by atoms with Gasteiger partial charge in [0.05, 0.1) is 0 Å². The maximum atomic E-state index is 8.16. The van der Waals surface area contributed by atoms with Crippen molar-refractivity contribution < 1.29 is 56.6 Å². The molecule has 0 aromatic heterocycles. The molecule has 1 aromatic rings. The Morgan fingerprint density at radius 1 is 1.11 bits per heavy atom. The third kappa shape index (κ3) is 3.35. The van der Waals surface area contributed by atoms with Crippen molar-refractivity contribution in [2.24, 2.45) is 0 Å². The largest absolute Gasteiger partial charge is 1.00 e. The summed E-state index contributed by atoms with van der Waals surface area (Å²) in [5.41, 5.74) is 3.56. The molecule has 42 valence electrons. The molecule has 1 N–H and O–H groups in total. The fraction of sp³-hybridized carbons (Fsp3) is 0. The molecule has 3 heteroatoms. The van der Waals surface area contributed by atoms with Crippen molar-refractivity contribution in [3.05, 3.63) is 35.8 Å². The van der Waals surface area contributed by atoms with Crippen molar-refractivity contribution in [2.45, 2.75) is 0 Å². The first-order valence-corrected chi connectivity index (χ1v) is 2.33. The molecule has 0 amide bonds. The first-order valence-electron chi connectivity index (χ1n) is 2.33. The number of rotatable bonds is 1. The van der Waals surface area contributed by atoms with E-state index >= 15 is 0 Å². The molecule has 0 saturated carbocycles. The molecule has 0 atom stereocenters. The molecule has 0 saturated heterocycles. The maximum Gasteiger partial charge on any atom is 1.00 e. The predicted molar refractivity (Wildman–Crippen MR) is 31.2 cm³/mol. The van der Waals surface area contributed by atoms with Gasteiger partial charge in [-0.2, -0.15) is 0 Å². The Balaban J connectivity index is 0.000000640. The molecule has 0 aliphatic carbocycles. The van der Waals surface area contributed by atoms with Crippen molar-refractivity contribution in [2.75, 3.05) is 0 Å². The minimum absolute atomic E-state index is 0. The van der Waals surface area contributed by atoms with Gasteiger partial charge in [-0.25, -0.2) is 0 Å². The van der Waals surface area contributed by atoms with E-state index in [0.717, 1.165) is 0 Å². The number of nitrogens with zero attached hydrogens (tertiary/aromatic N) is 1. The van der Waals surface area contributed by atoms with Gasteiger partial charge in [0, 0.05) is 0 Å². The summed E-state index contributed by atoms with van der Waals surface area (Å²) in [6, 6.07) is 8.94. The molecular weight excluding hydrogens is 141 g/mol. The summed E-state index contributed by atoms with van der Waals surface area (Å²) < 4.78 is 0. The van der Waals surface area contributed by atoms with E-state index in [9.17, 15) is 0 Å². The molecule has 1 aromatic carbocycles. The number of benzene rings is 1. The van der Waals surface area contributed by atoms with Gasteiger partial charge in [-0.15, -0.1) is 5.69 Å². The second-order valence-corrected chi connectivity index (χ2v) is 1.44. The molecule has 0 unspecified atom stereocenters. The van der Waals surface area contributed by atoms with Crippen LogP contribution in [0.5, 0.6) is 0 Å². The Hall–Kier alpha value is 0.616. The molecule has 1 rings (SSSR count). The minimum atomic E-state index is 0. The van der Waals surface area contributed by atoms with E-state index in [-0.39, 0.29) is 51.4 Å². The fourth-order valence-corrected chi connectivity index (χ4v) is 0.495. The monoisotopic (exact) mass is 147 g/mol. The zero-order valence-corrected chi connectivity index (χ0v) is 8.40. The number of hydrogen-bond donors (Lipinski definition) is 1. The van der Waals surface area contributed by atoms with E-state index in [1.54, 1.807) is 12.1 Å². The summed E-state index contributed by atoms with van der Waals surface area (Å²) in [5, 5.41) is 8.16. The molecule has 0 heterocycles. The first kappa shape index (κ1) is 9.62. The van der Waals surface area contributed by atoms with Crippen LogP contribution in [0.1, 0.15) is 0 Å². The maximum absolute atomic E-state index is 8.16. The molecular formula is C6H6KNO. The van der Waals surface area contributed by atoms with Crippen LogP contribution in [0.25, 0.3) is 5.48 Å². The van der Waals surface area contributed by atoms with Gasteiger partial charge in [0.2, 0.25) is 0 Å². The van der Waals surface area contributed by atoms with Crippen molar-refractivity contribution in [3.8, 4) is 0 Å². The molecule has 0 spiro atoms. The van der Waals surface area contributed by atoms with E-state index < -0.39 is 0 Å². The SMILES string of the molecule is O[N-]c1ccccc1.[K+]. The third-order valence-electron chi connectivity index (χ3n) is 0.872. The quantitative estimate of drug-likeness (QED) is 0.405. The molecule has 9 heavy (non-hydrogen) atoms. The van der Waals surface area contributed by atoms with Crippen LogP contribution in [0.4, 0.5) is 5.69 Å². The van der Waals surface area contributed by atoms with Crippen LogP contribution in [0.2, 0.25) is 0 Å². The van der Waals surface area contributed by atoms with Crippen LogP contribution in [0.3, 0.4) is 0 Å². The van der Waals surface area contributed by atoms with Crippen LogP contribution in [0, 0.1) is 0 Å². The van der Waals surface area contributed by atoms with E-state index in [4.69, 9.17) is 5.21 Å². The smallest absolute Gasteiger partial charge is 0.565 e. The Morgan fingerprint density at radius 2 is 1.67 bits per heavy atom. The zero-order valence-electron chi connectivity index (χ0n) is 5.28. The molecule has 2 nitrogen and oxygen atoms in total. The van der Waals surface area contributed by atoms with E-state index in [2.05, 4.69) is 5.48 Å². The summed E-state index contributed by atoms with van der Waals surface area (Å²) in [6.07, 6.45) is 0. The van der Waals surface area contributed by atoms with Gasteiger partial charge >= 0.3 is 51.4 Å². The molecule has 0 fully saturated rings. The fourth-order valence-electron chi connectivity index (χ4n) is 0.495. The molecule has 0 aliphatic rings. The number of para-hydroxylation sites is 1. The van der Waals surface area contributed by atoms with Crippen molar-refractivity contribution in [1.82, 2.24) is 0 Å². The van der Waals surface area contributed by atoms with Crippen molar-refractivity contribution >= 4 is 5.69 Å².